The third-order valence-electron chi connectivity index (χ3n) is 4.15. The van der Waals surface area contributed by atoms with E-state index in [1.807, 2.05) is 30.3 Å². The van der Waals surface area contributed by atoms with Crippen LogP contribution < -0.4 is 14.8 Å². The van der Waals surface area contributed by atoms with E-state index in [-0.39, 0.29) is 12.4 Å². The molecule has 0 aliphatic rings. The fraction of sp³-hybridized carbons (Fsp3) is 0.100. The Labute approximate surface area is 157 Å². The van der Waals surface area contributed by atoms with Gasteiger partial charge in [-0.2, -0.15) is 0 Å². The molecule has 1 aromatic heterocycles. The molecule has 0 aliphatic heterocycles. The number of nitrogens with zero attached hydrogens (tertiary/aromatic N) is 2. The Hall–Kier alpha value is -3.05. The fourth-order valence-electron chi connectivity index (χ4n) is 2.89. The number of fused-ring (bicyclic) bond motifs is 2. The zero-order valence-electron chi connectivity index (χ0n) is 14.4. The summed E-state index contributed by atoms with van der Waals surface area (Å²) in [5.74, 6) is 2.01. The molecule has 4 aromatic rings. The molecule has 1 heterocycles. The second-order valence-corrected chi connectivity index (χ2v) is 5.63. The Morgan fingerprint density at radius 2 is 1.54 bits per heavy atom. The van der Waals surface area contributed by atoms with E-state index < -0.39 is 0 Å². The van der Waals surface area contributed by atoms with Gasteiger partial charge in [0.25, 0.3) is 0 Å². The summed E-state index contributed by atoms with van der Waals surface area (Å²) in [6.45, 7) is 0. The van der Waals surface area contributed by atoms with E-state index in [0.717, 1.165) is 22.4 Å². The highest BCUT2D eigenvalue weighted by Gasteiger charge is 2.11. The average Bonchev–Trinajstić information content (AvgIpc) is 2.67. The van der Waals surface area contributed by atoms with Crippen molar-refractivity contribution in [1.82, 2.24) is 9.97 Å². The second-order valence-electron chi connectivity index (χ2n) is 5.63. The first-order valence-corrected chi connectivity index (χ1v) is 7.91. The number of benzene rings is 3. The van der Waals surface area contributed by atoms with E-state index in [1.165, 1.54) is 17.1 Å². The zero-order chi connectivity index (χ0) is 17.2. The molecule has 132 valence electrons. The summed E-state index contributed by atoms with van der Waals surface area (Å²) in [6, 6.07) is 18.2. The lowest BCUT2D eigenvalue weighted by Gasteiger charge is -2.12. The summed E-state index contributed by atoms with van der Waals surface area (Å²) in [5, 5.41) is 6.62. The molecule has 0 spiro atoms. The van der Waals surface area contributed by atoms with Gasteiger partial charge in [0, 0.05) is 17.1 Å². The van der Waals surface area contributed by atoms with Crippen molar-refractivity contribution in [3.63, 3.8) is 0 Å². The minimum Gasteiger partial charge on any atom is -0.493 e. The lowest BCUT2D eigenvalue weighted by atomic mass is 10.1. The van der Waals surface area contributed by atoms with Crippen LogP contribution in [0.3, 0.4) is 0 Å². The first kappa shape index (κ1) is 17.8. The molecular formula is C20H18ClN3O2. The minimum absolute atomic E-state index is 0. The molecule has 0 radical (unpaired) electrons. The summed E-state index contributed by atoms with van der Waals surface area (Å²) in [6.07, 6.45) is 1.54. The number of aromatic nitrogens is 2. The summed E-state index contributed by atoms with van der Waals surface area (Å²) < 4.78 is 10.7. The monoisotopic (exact) mass is 367 g/mol. The van der Waals surface area contributed by atoms with Crippen molar-refractivity contribution in [2.24, 2.45) is 0 Å². The number of nitrogens with one attached hydrogen (secondary N) is 1. The van der Waals surface area contributed by atoms with Gasteiger partial charge in [-0.05, 0) is 29.0 Å². The molecule has 0 fully saturated rings. The lowest BCUT2D eigenvalue weighted by molar-refractivity contribution is 0.356. The molecule has 0 unspecified atom stereocenters. The highest BCUT2D eigenvalue weighted by Crippen LogP contribution is 2.34. The zero-order valence-corrected chi connectivity index (χ0v) is 15.2. The molecule has 0 aliphatic carbocycles. The topological polar surface area (TPSA) is 56.3 Å². The van der Waals surface area contributed by atoms with Crippen LogP contribution in [-0.2, 0) is 0 Å². The Kier molecular flexibility index (Phi) is 5.09. The van der Waals surface area contributed by atoms with Crippen LogP contribution in [0.25, 0.3) is 21.7 Å². The molecule has 0 bridgehead atoms. The van der Waals surface area contributed by atoms with E-state index in [9.17, 15) is 0 Å². The quantitative estimate of drug-likeness (QED) is 0.552. The highest BCUT2D eigenvalue weighted by molar-refractivity contribution is 5.94. The van der Waals surface area contributed by atoms with Crippen molar-refractivity contribution < 1.29 is 9.47 Å². The molecular weight excluding hydrogens is 350 g/mol. The summed E-state index contributed by atoms with van der Waals surface area (Å²) >= 11 is 0. The summed E-state index contributed by atoms with van der Waals surface area (Å²) in [4.78, 5) is 8.73. The fourth-order valence-corrected chi connectivity index (χ4v) is 2.89. The first-order valence-electron chi connectivity index (χ1n) is 7.91. The average molecular weight is 368 g/mol. The van der Waals surface area contributed by atoms with Crippen molar-refractivity contribution in [2.45, 2.75) is 0 Å². The van der Waals surface area contributed by atoms with E-state index in [0.29, 0.717) is 11.5 Å². The van der Waals surface area contributed by atoms with Gasteiger partial charge in [-0.25, -0.2) is 9.97 Å². The number of ether oxygens (including phenoxy) is 2. The van der Waals surface area contributed by atoms with Crippen LogP contribution >= 0.6 is 12.4 Å². The Balaban J connectivity index is 0.00000196. The number of methoxy groups -OCH3 is 2. The number of halogens is 1. The van der Waals surface area contributed by atoms with Crippen LogP contribution in [0.5, 0.6) is 11.5 Å². The molecule has 26 heavy (non-hydrogen) atoms. The van der Waals surface area contributed by atoms with E-state index in [1.54, 1.807) is 14.2 Å². The van der Waals surface area contributed by atoms with Gasteiger partial charge in [-0.15, -0.1) is 12.4 Å². The van der Waals surface area contributed by atoms with Crippen LogP contribution in [0, 0.1) is 0 Å². The van der Waals surface area contributed by atoms with Crippen molar-refractivity contribution in [3.8, 4) is 11.5 Å². The molecule has 0 saturated heterocycles. The van der Waals surface area contributed by atoms with Gasteiger partial charge >= 0.3 is 0 Å². The first-order chi connectivity index (χ1) is 12.3. The Morgan fingerprint density at radius 1 is 0.808 bits per heavy atom. The lowest BCUT2D eigenvalue weighted by Crippen LogP contribution is -1.98. The predicted molar refractivity (Wildman–Crippen MR) is 107 cm³/mol. The predicted octanol–water partition coefficient (Wildman–Crippen LogP) is 4.97. The van der Waals surface area contributed by atoms with Gasteiger partial charge in [0.2, 0.25) is 0 Å². The maximum absolute atomic E-state index is 5.40. The minimum atomic E-state index is 0. The summed E-state index contributed by atoms with van der Waals surface area (Å²) in [5.41, 5.74) is 1.75. The van der Waals surface area contributed by atoms with Crippen LogP contribution in [0.15, 0.2) is 60.9 Å². The summed E-state index contributed by atoms with van der Waals surface area (Å²) in [7, 11) is 3.23. The van der Waals surface area contributed by atoms with Crippen LogP contribution in [0.2, 0.25) is 0 Å². The standard InChI is InChI=1S/C20H17N3O2.ClH/c1-24-18-10-16-17(11-19(18)25-2)21-12-22-20(16)23-15-8-7-13-5-3-4-6-14(13)9-15;/h3-12H,1-2H3,(H,21,22,23);1H. The molecule has 0 saturated carbocycles. The molecule has 6 heteroatoms. The third-order valence-corrected chi connectivity index (χ3v) is 4.15. The Bertz CT molecular complexity index is 1070. The molecule has 4 rings (SSSR count). The van der Waals surface area contributed by atoms with Gasteiger partial charge in [-0.1, -0.05) is 30.3 Å². The van der Waals surface area contributed by atoms with Crippen LogP contribution in [0.4, 0.5) is 11.5 Å². The smallest absolute Gasteiger partial charge is 0.162 e. The van der Waals surface area contributed by atoms with Gasteiger partial charge in [-0.3, -0.25) is 0 Å². The highest BCUT2D eigenvalue weighted by atomic mass is 35.5. The van der Waals surface area contributed by atoms with Crippen molar-refractivity contribution in [1.29, 1.82) is 0 Å². The second kappa shape index (κ2) is 7.45. The largest absolute Gasteiger partial charge is 0.493 e. The van der Waals surface area contributed by atoms with Gasteiger partial charge in [0.1, 0.15) is 12.1 Å². The molecule has 1 N–H and O–H groups in total. The third kappa shape index (κ3) is 3.21. The van der Waals surface area contributed by atoms with Crippen LogP contribution in [-0.4, -0.2) is 24.2 Å². The molecule has 0 amide bonds. The Morgan fingerprint density at radius 3 is 2.31 bits per heavy atom. The van der Waals surface area contributed by atoms with Crippen LogP contribution in [0.1, 0.15) is 0 Å². The maximum atomic E-state index is 5.40. The number of hydrogen-bond donors (Lipinski definition) is 1. The molecule has 5 nitrogen and oxygen atoms in total. The van der Waals surface area contributed by atoms with Gasteiger partial charge in [0.15, 0.2) is 11.5 Å². The van der Waals surface area contributed by atoms with Gasteiger partial charge < -0.3 is 14.8 Å². The molecule has 3 aromatic carbocycles. The number of anilines is 2. The maximum Gasteiger partial charge on any atom is 0.162 e. The van der Waals surface area contributed by atoms with E-state index in [2.05, 4.69) is 39.6 Å². The number of hydrogen-bond acceptors (Lipinski definition) is 5. The van der Waals surface area contributed by atoms with Crippen molar-refractivity contribution >= 4 is 45.6 Å². The normalized spacial score (nSPS) is 10.4. The van der Waals surface area contributed by atoms with Gasteiger partial charge in [0.05, 0.1) is 19.7 Å². The number of rotatable bonds is 4. The van der Waals surface area contributed by atoms with Crippen molar-refractivity contribution in [3.05, 3.63) is 60.9 Å². The van der Waals surface area contributed by atoms with E-state index >= 15 is 0 Å². The van der Waals surface area contributed by atoms with Crippen molar-refractivity contribution in [2.75, 3.05) is 19.5 Å². The SMILES string of the molecule is COc1cc2ncnc(Nc3ccc4ccccc4c3)c2cc1OC.Cl. The van der Waals surface area contributed by atoms with E-state index in [4.69, 9.17) is 9.47 Å². The molecule has 0 atom stereocenters.